The Morgan fingerprint density at radius 3 is 2.14 bits per heavy atom. The Balaban J connectivity index is 4.33. The molecule has 4 heteroatoms. The van der Waals surface area contributed by atoms with Crippen LogP contribution in [0.4, 0.5) is 0 Å². The third kappa shape index (κ3) is 2.36. The molecule has 1 N–H and O–H groups in total. The van der Waals surface area contributed by atoms with Crippen LogP contribution in [-0.4, -0.2) is 25.0 Å². The average Bonchev–Trinajstić information content (AvgIpc) is 1.65. The summed E-state index contributed by atoms with van der Waals surface area (Å²) in [6.07, 6.45) is 0. The molecular weight excluding hydrogens is 116 g/mol. The molecule has 0 aromatic rings. The highest BCUT2D eigenvalue weighted by atomic mass is 32.2. The van der Waals surface area contributed by atoms with Gasteiger partial charge in [0.05, 0.1) is 11.5 Å². The highest BCUT2D eigenvalue weighted by Crippen LogP contribution is 1.62. The summed E-state index contributed by atoms with van der Waals surface area (Å²) in [6, 6.07) is 0. The number of hydrogen-bond donors (Lipinski definition) is 1. The zero-order chi connectivity index (χ0) is 5.86. The summed E-state index contributed by atoms with van der Waals surface area (Å²) in [5, 5.41) is 8.08. The van der Waals surface area contributed by atoms with Crippen molar-refractivity contribution in [1.29, 1.82) is 0 Å². The van der Waals surface area contributed by atoms with Crippen LogP contribution in [-0.2, 0) is 10.3 Å². The molecule has 0 aromatic carbocycles. The van der Waals surface area contributed by atoms with E-state index in [1.165, 1.54) is 6.92 Å². The largest absolute Gasteiger partial charge is 0.391 e. The van der Waals surface area contributed by atoms with Crippen LogP contribution in [0.5, 0.6) is 0 Å². The molecule has 0 saturated carbocycles. The molecule has 0 bridgehead atoms. The van der Waals surface area contributed by atoms with E-state index in [1.807, 2.05) is 0 Å². The summed E-state index contributed by atoms with van der Waals surface area (Å²) >= 11 is 0. The molecule has 42 valence electrons. The molecule has 0 atom stereocenters. The van der Waals surface area contributed by atoms with Crippen molar-refractivity contribution in [2.45, 2.75) is 6.92 Å². The summed E-state index contributed by atoms with van der Waals surface area (Å²) in [5.74, 6) is 0. The molecule has 0 aromatic heterocycles. The third-order valence-corrected chi connectivity index (χ3v) is 1.21. The lowest BCUT2D eigenvalue weighted by molar-refractivity contribution is 0.359. The second kappa shape index (κ2) is 2.76. The van der Waals surface area contributed by atoms with Crippen LogP contribution >= 0.6 is 0 Å². The molecule has 0 amide bonds. The maximum atomic E-state index is 9.73. The van der Waals surface area contributed by atoms with Gasteiger partial charge in [-0.2, -0.15) is 8.42 Å². The first kappa shape index (κ1) is 6.65. The van der Waals surface area contributed by atoms with Gasteiger partial charge in [-0.1, -0.05) is 0 Å². The molecule has 0 fully saturated rings. The fourth-order valence-corrected chi connectivity index (χ4v) is 0.158. The summed E-state index contributed by atoms with van der Waals surface area (Å²) in [4.78, 5) is 0.0694. The molecule has 0 spiro atoms. The van der Waals surface area contributed by atoms with E-state index in [4.69, 9.17) is 5.11 Å². The number of hydrogen-bond acceptors (Lipinski definition) is 3. The summed E-state index contributed by atoms with van der Waals surface area (Å²) in [6.45, 7) is 0.971. The topological polar surface area (TPSA) is 54.4 Å². The predicted molar refractivity (Wildman–Crippen MR) is 26.7 cm³/mol. The van der Waals surface area contributed by atoms with E-state index in [2.05, 4.69) is 0 Å². The van der Waals surface area contributed by atoms with E-state index in [1.54, 1.807) is 0 Å². The summed E-state index contributed by atoms with van der Waals surface area (Å²) in [7, 11) is -2.19. The van der Waals surface area contributed by atoms with Gasteiger partial charge in [0.1, 0.15) is 0 Å². The van der Waals surface area contributed by atoms with E-state index in [9.17, 15) is 8.42 Å². The Morgan fingerprint density at radius 2 is 2.14 bits per heavy atom. The Labute approximate surface area is 43.1 Å². The normalized spacial score (nSPS) is 8.29. The first-order chi connectivity index (χ1) is 3.18. The first-order valence-corrected chi connectivity index (χ1v) is 2.78. The van der Waals surface area contributed by atoms with E-state index in [-0.39, 0.29) is 11.5 Å². The number of rotatable bonds is 1. The van der Waals surface area contributed by atoms with Gasteiger partial charge < -0.3 is 5.11 Å². The molecule has 0 unspecified atom stereocenters. The summed E-state index contributed by atoms with van der Waals surface area (Å²) < 4.78 is 19.5. The Kier molecular flexibility index (Phi) is 2.62. The van der Waals surface area contributed by atoms with Crippen molar-refractivity contribution >= 4 is 15.2 Å². The molecule has 3 nitrogen and oxygen atoms in total. The minimum atomic E-state index is -2.19. The molecule has 0 aliphatic rings. The third-order valence-electron chi connectivity index (χ3n) is 0.507. The summed E-state index contributed by atoms with van der Waals surface area (Å²) in [5.41, 5.74) is 0. The van der Waals surface area contributed by atoms with Gasteiger partial charge in [-0.15, -0.1) is 0 Å². The molecule has 7 heavy (non-hydrogen) atoms. The lowest BCUT2D eigenvalue weighted by atomic mass is 10.5. The van der Waals surface area contributed by atoms with Crippen LogP contribution in [0.25, 0.3) is 0 Å². The number of aliphatic hydroxyl groups is 1. The molecule has 0 radical (unpaired) electrons. The Morgan fingerprint density at radius 1 is 1.71 bits per heavy atom. The second-order valence-corrected chi connectivity index (χ2v) is 2.26. The molecular formula is C3H6O3S. The molecule has 0 aliphatic carbocycles. The maximum absolute atomic E-state index is 9.73. The van der Waals surface area contributed by atoms with Gasteiger partial charge in [0, 0.05) is 0 Å². The molecule has 0 aliphatic heterocycles. The van der Waals surface area contributed by atoms with Crippen LogP contribution in [0.1, 0.15) is 6.92 Å². The second-order valence-electron chi connectivity index (χ2n) is 1.09. The van der Waals surface area contributed by atoms with Gasteiger partial charge in [0.15, 0.2) is 0 Å². The average molecular weight is 122 g/mol. The van der Waals surface area contributed by atoms with Crippen LogP contribution in [0.15, 0.2) is 0 Å². The monoisotopic (exact) mass is 122 g/mol. The smallest absolute Gasteiger partial charge is 0.215 e. The van der Waals surface area contributed by atoms with Crippen molar-refractivity contribution in [3.63, 3.8) is 0 Å². The minimum Gasteiger partial charge on any atom is -0.391 e. The first-order valence-electron chi connectivity index (χ1n) is 1.71. The fourth-order valence-electron chi connectivity index (χ4n) is 0.0527. The highest BCUT2D eigenvalue weighted by molar-refractivity contribution is 7.72. The lowest BCUT2D eigenvalue weighted by Crippen LogP contribution is -1.97. The van der Waals surface area contributed by atoms with Crippen LogP contribution in [0.2, 0.25) is 0 Å². The zero-order valence-corrected chi connectivity index (χ0v) is 4.70. The quantitative estimate of drug-likeness (QED) is 0.456. The Bertz CT molecular complexity index is 157. The molecule has 0 heterocycles. The molecule has 0 saturated heterocycles. The predicted octanol–water partition coefficient (Wildman–Crippen LogP) is -0.950. The number of aliphatic hydroxyl groups excluding tert-OH is 1. The fraction of sp³-hybridized carbons (Fsp3) is 0.667. The van der Waals surface area contributed by atoms with E-state index in [0.29, 0.717) is 0 Å². The van der Waals surface area contributed by atoms with Gasteiger partial charge in [-0.25, -0.2) is 0 Å². The van der Waals surface area contributed by atoms with Crippen molar-refractivity contribution in [1.82, 2.24) is 0 Å². The van der Waals surface area contributed by atoms with Crippen molar-refractivity contribution in [3.05, 3.63) is 0 Å². The van der Waals surface area contributed by atoms with E-state index >= 15 is 0 Å². The van der Waals surface area contributed by atoms with E-state index in [0.717, 1.165) is 0 Å². The van der Waals surface area contributed by atoms with Gasteiger partial charge in [0.25, 0.3) is 0 Å². The van der Waals surface area contributed by atoms with Crippen LogP contribution < -0.4 is 0 Å². The SMILES string of the molecule is CC(CO)=S(=O)=O. The van der Waals surface area contributed by atoms with Crippen molar-refractivity contribution in [2.24, 2.45) is 0 Å². The van der Waals surface area contributed by atoms with Crippen molar-refractivity contribution in [2.75, 3.05) is 6.61 Å². The standard InChI is InChI=1S/C3H6O3S/c1-3(2-4)7(5)6/h4H,2H2,1H3. The van der Waals surface area contributed by atoms with Crippen molar-refractivity contribution < 1.29 is 13.5 Å². The van der Waals surface area contributed by atoms with Gasteiger partial charge in [-0.3, -0.25) is 0 Å². The highest BCUT2D eigenvalue weighted by Gasteiger charge is 1.83. The van der Waals surface area contributed by atoms with E-state index < -0.39 is 10.3 Å². The van der Waals surface area contributed by atoms with Gasteiger partial charge in [0.2, 0.25) is 10.3 Å². The Hall–Kier alpha value is -0.350. The van der Waals surface area contributed by atoms with Crippen molar-refractivity contribution in [3.8, 4) is 0 Å². The van der Waals surface area contributed by atoms with Crippen LogP contribution in [0, 0.1) is 0 Å². The zero-order valence-electron chi connectivity index (χ0n) is 3.88. The molecule has 0 rings (SSSR count). The van der Waals surface area contributed by atoms with Gasteiger partial charge >= 0.3 is 0 Å². The van der Waals surface area contributed by atoms with Crippen LogP contribution in [0.3, 0.4) is 0 Å². The maximum Gasteiger partial charge on any atom is 0.215 e. The van der Waals surface area contributed by atoms with Gasteiger partial charge in [-0.05, 0) is 6.92 Å². The lowest BCUT2D eigenvalue weighted by Gasteiger charge is -1.77. The minimum absolute atomic E-state index is 0.0694.